The van der Waals surface area contributed by atoms with Crippen molar-refractivity contribution in [3.63, 3.8) is 0 Å². The van der Waals surface area contributed by atoms with E-state index in [2.05, 4.69) is 14.7 Å². The standard InChI is InChI=1S/C10H9N3O3S/c1-15-9(14)7-3-2-6(4-12-7)16-8-5-13-10(11)17-8/h2-5H,1H3,(H2,11,13). The van der Waals surface area contributed by atoms with Crippen LogP contribution in [0, 0.1) is 0 Å². The fourth-order valence-electron chi connectivity index (χ4n) is 1.10. The summed E-state index contributed by atoms with van der Waals surface area (Å²) in [5, 5.41) is 0.995. The van der Waals surface area contributed by atoms with E-state index < -0.39 is 5.97 Å². The second-order valence-electron chi connectivity index (χ2n) is 2.99. The highest BCUT2D eigenvalue weighted by molar-refractivity contribution is 7.17. The zero-order valence-electron chi connectivity index (χ0n) is 8.91. The Labute approximate surface area is 101 Å². The Bertz CT molecular complexity index is 524. The van der Waals surface area contributed by atoms with Crippen LogP contribution in [0.4, 0.5) is 5.13 Å². The van der Waals surface area contributed by atoms with Crippen LogP contribution in [0.15, 0.2) is 24.5 Å². The third kappa shape index (κ3) is 2.70. The van der Waals surface area contributed by atoms with Gasteiger partial charge in [-0.15, -0.1) is 0 Å². The van der Waals surface area contributed by atoms with E-state index in [1.165, 1.54) is 36.9 Å². The maximum Gasteiger partial charge on any atom is 0.356 e. The molecule has 0 bridgehead atoms. The molecule has 0 aliphatic carbocycles. The number of rotatable bonds is 3. The van der Waals surface area contributed by atoms with Gasteiger partial charge >= 0.3 is 5.97 Å². The van der Waals surface area contributed by atoms with E-state index in [0.717, 1.165) is 0 Å². The zero-order chi connectivity index (χ0) is 12.3. The minimum absolute atomic E-state index is 0.226. The number of hydrogen-bond donors (Lipinski definition) is 1. The summed E-state index contributed by atoms with van der Waals surface area (Å²) < 4.78 is 9.96. The van der Waals surface area contributed by atoms with Crippen LogP contribution in [0.25, 0.3) is 0 Å². The molecule has 6 nitrogen and oxygen atoms in total. The summed E-state index contributed by atoms with van der Waals surface area (Å²) in [5.74, 6) is 0.0138. The molecule has 0 saturated heterocycles. The van der Waals surface area contributed by atoms with Gasteiger partial charge in [0, 0.05) is 0 Å². The van der Waals surface area contributed by atoms with Gasteiger partial charge in [-0.3, -0.25) is 0 Å². The van der Waals surface area contributed by atoms with Crippen molar-refractivity contribution < 1.29 is 14.3 Å². The van der Waals surface area contributed by atoms with Gasteiger partial charge in [-0.05, 0) is 12.1 Å². The van der Waals surface area contributed by atoms with E-state index in [-0.39, 0.29) is 5.69 Å². The normalized spacial score (nSPS) is 9.94. The van der Waals surface area contributed by atoms with Crippen molar-refractivity contribution in [2.24, 2.45) is 0 Å². The first-order valence-corrected chi connectivity index (χ1v) is 5.44. The molecule has 2 aromatic rings. The van der Waals surface area contributed by atoms with Gasteiger partial charge < -0.3 is 15.2 Å². The van der Waals surface area contributed by atoms with Crippen LogP contribution in [-0.2, 0) is 4.74 Å². The molecular weight excluding hydrogens is 242 g/mol. The summed E-state index contributed by atoms with van der Waals surface area (Å²) >= 11 is 1.22. The summed E-state index contributed by atoms with van der Waals surface area (Å²) in [6.07, 6.45) is 2.95. The molecule has 2 rings (SSSR count). The molecule has 0 fully saturated rings. The summed E-state index contributed by atoms with van der Waals surface area (Å²) in [5.41, 5.74) is 5.69. The third-order valence-corrected chi connectivity index (χ3v) is 2.56. The third-order valence-electron chi connectivity index (χ3n) is 1.85. The molecule has 0 radical (unpaired) electrons. The lowest BCUT2D eigenvalue weighted by Crippen LogP contribution is -2.03. The molecule has 2 heterocycles. The van der Waals surface area contributed by atoms with Crippen molar-refractivity contribution in [3.05, 3.63) is 30.2 Å². The lowest BCUT2D eigenvalue weighted by molar-refractivity contribution is 0.0594. The van der Waals surface area contributed by atoms with E-state index in [4.69, 9.17) is 10.5 Å². The maximum atomic E-state index is 11.1. The van der Waals surface area contributed by atoms with Crippen LogP contribution < -0.4 is 10.5 Å². The number of nitrogens with two attached hydrogens (primary N) is 1. The highest BCUT2D eigenvalue weighted by atomic mass is 32.1. The van der Waals surface area contributed by atoms with Crippen LogP contribution in [0.1, 0.15) is 10.5 Å². The van der Waals surface area contributed by atoms with Crippen LogP contribution in [-0.4, -0.2) is 23.0 Å². The lowest BCUT2D eigenvalue weighted by Gasteiger charge is -2.02. The van der Waals surface area contributed by atoms with Gasteiger partial charge in [-0.1, -0.05) is 11.3 Å². The molecule has 2 N–H and O–H groups in total. The van der Waals surface area contributed by atoms with E-state index >= 15 is 0 Å². The molecule has 0 amide bonds. The van der Waals surface area contributed by atoms with E-state index in [1.54, 1.807) is 6.07 Å². The Kier molecular flexibility index (Phi) is 3.20. The topological polar surface area (TPSA) is 87.3 Å². The zero-order valence-corrected chi connectivity index (χ0v) is 9.73. The smallest absolute Gasteiger partial charge is 0.356 e. The number of carbonyl (C=O) groups excluding carboxylic acids is 1. The number of hydrogen-bond acceptors (Lipinski definition) is 7. The number of nitrogen functional groups attached to an aromatic ring is 1. The van der Waals surface area contributed by atoms with Gasteiger partial charge in [-0.2, -0.15) is 0 Å². The fraction of sp³-hybridized carbons (Fsp3) is 0.100. The number of aromatic nitrogens is 2. The van der Waals surface area contributed by atoms with Crippen molar-refractivity contribution in [1.82, 2.24) is 9.97 Å². The molecule has 7 heteroatoms. The van der Waals surface area contributed by atoms with Gasteiger partial charge in [0.05, 0.1) is 19.5 Å². The lowest BCUT2D eigenvalue weighted by atomic mass is 10.3. The molecule has 0 unspecified atom stereocenters. The molecule has 0 aliphatic heterocycles. The van der Waals surface area contributed by atoms with Gasteiger partial charge in [0.15, 0.2) is 5.13 Å². The molecule has 0 saturated carbocycles. The monoisotopic (exact) mass is 251 g/mol. The van der Waals surface area contributed by atoms with Gasteiger partial charge in [-0.25, -0.2) is 14.8 Å². The molecule has 2 aromatic heterocycles. The highest BCUT2D eigenvalue weighted by Crippen LogP contribution is 2.28. The number of esters is 1. The first-order valence-electron chi connectivity index (χ1n) is 4.62. The first-order chi connectivity index (χ1) is 8.19. The molecule has 17 heavy (non-hydrogen) atoms. The van der Waals surface area contributed by atoms with E-state index in [0.29, 0.717) is 15.9 Å². The number of thiazole rings is 1. The highest BCUT2D eigenvalue weighted by Gasteiger charge is 2.07. The van der Waals surface area contributed by atoms with E-state index in [1.807, 2.05) is 0 Å². The van der Waals surface area contributed by atoms with Crippen molar-refractivity contribution >= 4 is 22.4 Å². The van der Waals surface area contributed by atoms with Crippen molar-refractivity contribution in [3.8, 4) is 10.8 Å². The Morgan fingerprint density at radius 1 is 1.35 bits per heavy atom. The maximum absolute atomic E-state index is 11.1. The fourth-order valence-corrected chi connectivity index (χ4v) is 1.66. The van der Waals surface area contributed by atoms with Crippen molar-refractivity contribution in [2.45, 2.75) is 0 Å². The van der Waals surface area contributed by atoms with Gasteiger partial charge in [0.1, 0.15) is 11.4 Å². The van der Waals surface area contributed by atoms with E-state index in [9.17, 15) is 4.79 Å². The Hall–Kier alpha value is -2.15. The number of carbonyl (C=O) groups is 1. The Morgan fingerprint density at radius 3 is 2.71 bits per heavy atom. The Balaban J connectivity index is 2.10. The number of methoxy groups -OCH3 is 1. The number of anilines is 1. The summed E-state index contributed by atoms with van der Waals surface area (Å²) in [6, 6.07) is 3.14. The average molecular weight is 251 g/mol. The number of nitrogens with zero attached hydrogens (tertiary/aromatic N) is 2. The van der Waals surface area contributed by atoms with Crippen LogP contribution in [0.3, 0.4) is 0 Å². The van der Waals surface area contributed by atoms with Crippen molar-refractivity contribution in [1.29, 1.82) is 0 Å². The summed E-state index contributed by atoms with van der Waals surface area (Å²) in [7, 11) is 1.30. The SMILES string of the molecule is COC(=O)c1ccc(Oc2cnc(N)s2)cn1. The second kappa shape index (κ2) is 4.79. The summed E-state index contributed by atoms with van der Waals surface area (Å²) in [4.78, 5) is 18.9. The van der Waals surface area contributed by atoms with Crippen LogP contribution in [0.2, 0.25) is 0 Å². The average Bonchev–Trinajstić information content (AvgIpc) is 2.75. The first kappa shape index (κ1) is 11.3. The predicted octanol–water partition coefficient (Wildman–Crippen LogP) is 1.70. The molecular formula is C10H9N3O3S. The minimum Gasteiger partial charge on any atom is -0.464 e. The Morgan fingerprint density at radius 2 is 2.18 bits per heavy atom. The molecule has 0 aromatic carbocycles. The van der Waals surface area contributed by atoms with Crippen LogP contribution in [0.5, 0.6) is 10.8 Å². The van der Waals surface area contributed by atoms with Gasteiger partial charge in [0.25, 0.3) is 0 Å². The summed E-state index contributed by atoms with van der Waals surface area (Å²) in [6.45, 7) is 0. The van der Waals surface area contributed by atoms with Crippen LogP contribution >= 0.6 is 11.3 Å². The molecule has 0 spiro atoms. The minimum atomic E-state index is -0.487. The predicted molar refractivity (Wildman–Crippen MR) is 62.2 cm³/mol. The molecule has 0 aliphatic rings. The largest absolute Gasteiger partial charge is 0.464 e. The second-order valence-corrected chi connectivity index (χ2v) is 4.02. The molecule has 0 atom stereocenters. The quantitative estimate of drug-likeness (QED) is 0.835. The molecule has 88 valence electrons. The van der Waals surface area contributed by atoms with Crippen molar-refractivity contribution in [2.75, 3.05) is 12.8 Å². The van der Waals surface area contributed by atoms with Gasteiger partial charge in [0.2, 0.25) is 5.06 Å². The number of pyridine rings is 1. The number of ether oxygens (including phenoxy) is 2.